The Bertz CT molecular complexity index is 607. The van der Waals surface area contributed by atoms with Crippen molar-refractivity contribution < 1.29 is 14.3 Å². The van der Waals surface area contributed by atoms with Crippen LogP contribution in [0.1, 0.15) is 20.3 Å². The lowest BCUT2D eigenvalue weighted by atomic mass is 9.96. The van der Waals surface area contributed by atoms with Crippen LogP contribution in [0.15, 0.2) is 29.4 Å². The third kappa shape index (κ3) is 3.89. The molecule has 0 unspecified atom stereocenters. The molecule has 0 bridgehead atoms. The molecule has 1 N–H and O–H groups in total. The van der Waals surface area contributed by atoms with Gasteiger partial charge in [-0.15, -0.1) is 0 Å². The molecule has 6 nitrogen and oxygen atoms in total. The minimum Gasteiger partial charge on any atom is -0.378 e. The van der Waals surface area contributed by atoms with E-state index >= 15 is 0 Å². The summed E-state index contributed by atoms with van der Waals surface area (Å²) in [5.41, 5.74) is 5.05. The average molecular weight is 317 g/mol. The molecular formula is C17H23N3O3. The van der Waals surface area contributed by atoms with E-state index in [9.17, 15) is 4.79 Å². The molecule has 23 heavy (non-hydrogen) atoms. The maximum absolute atomic E-state index is 12.1. The van der Waals surface area contributed by atoms with Crippen molar-refractivity contribution in [1.82, 2.24) is 0 Å². The van der Waals surface area contributed by atoms with Crippen molar-refractivity contribution in [3.63, 3.8) is 0 Å². The van der Waals surface area contributed by atoms with Crippen molar-refractivity contribution in [2.24, 2.45) is 5.10 Å². The van der Waals surface area contributed by atoms with Gasteiger partial charge in [0.25, 0.3) is 0 Å². The molecule has 3 rings (SSSR count). The van der Waals surface area contributed by atoms with Crippen molar-refractivity contribution >= 4 is 22.9 Å². The minimum absolute atomic E-state index is 0.0394. The molecule has 0 aromatic heterocycles. The number of carbonyl (C=O) groups is 1. The molecule has 6 heteroatoms. The molecule has 2 heterocycles. The summed E-state index contributed by atoms with van der Waals surface area (Å²) in [6.45, 7) is 7.25. The first kappa shape index (κ1) is 16.0. The molecule has 0 amide bonds. The van der Waals surface area contributed by atoms with Gasteiger partial charge in [0.2, 0.25) is 0 Å². The summed E-state index contributed by atoms with van der Waals surface area (Å²) < 4.78 is 11.1. The third-order valence-electron chi connectivity index (χ3n) is 4.07. The van der Waals surface area contributed by atoms with E-state index in [4.69, 9.17) is 9.47 Å². The Morgan fingerprint density at radius 1 is 1.22 bits per heavy atom. The molecule has 0 atom stereocenters. The molecule has 0 spiro atoms. The second-order valence-electron chi connectivity index (χ2n) is 6.44. The van der Waals surface area contributed by atoms with Crippen molar-refractivity contribution in [1.29, 1.82) is 0 Å². The summed E-state index contributed by atoms with van der Waals surface area (Å²) in [6.07, 6.45) is 0.360. The number of rotatable bonds is 3. The number of nitrogens with zero attached hydrogens (tertiary/aromatic N) is 2. The van der Waals surface area contributed by atoms with Crippen LogP contribution in [0.4, 0.5) is 11.4 Å². The Morgan fingerprint density at radius 3 is 2.70 bits per heavy atom. The van der Waals surface area contributed by atoms with Crippen LogP contribution in [0.3, 0.4) is 0 Å². The summed E-state index contributed by atoms with van der Waals surface area (Å²) >= 11 is 0. The minimum atomic E-state index is -0.401. The fourth-order valence-corrected chi connectivity index (χ4v) is 2.75. The van der Waals surface area contributed by atoms with Crippen LogP contribution < -0.4 is 10.3 Å². The number of Topliss-reactive ketones (excluding diaryl/α,β-unsaturated/α-hetero) is 1. The molecule has 0 aliphatic carbocycles. The van der Waals surface area contributed by atoms with Crippen LogP contribution in [0, 0.1) is 0 Å². The molecule has 1 aromatic rings. The fourth-order valence-electron chi connectivity index (χ4n) is 2.75. The van der Waals surface area contributed by atoms with Gasteiger partial charge in [0.1, 0.15) is 5.71 Å². The van der Waals surface area contributed by atoms with Crippen LogP contribution in [0.25, 0.3) is 0 Å². The van der Waals surface area contributed by atoms with Gasteiger partial charge in [-0.2, -0.15) is 5.10 Å². The number of para-hydroxylation sites is 2. The third-order valence-corrected chi connectivity index (χ3v) is 4.07. The second kappa shape index (κ2) is 6.68. The van der Waals surface area contributed by atoms with E-state index in [0.717, 1.165) is 37.7 Å². The van der Waals surface area contributed by atoms with Crippen molar-refractivity contribution in [3.8, 4) is 0 Å². The number of benzene rings is 1. The van der Waals surface area contributed by atoms with Crippen LogP contribution in [-0.4, -0.2) is 50.0 Å². The van der Waals surface area contributed by atoms with Gasteiger partial charge in [0, 0.05) is 19.5 Å². The highest BCUT2D eigenvalue weighted by molar-refractivity contribution is 6.41. The zero-order valence-corrected chi connectivity index (χ0v) is 13.7. The highest BCUT2D eigenvalue weighted by Gasteiger charge is 2.31. The summed E-state index contributed by atoms with van der Waals surface area (Å²) in [7, 11) is 0. The van der Waals surface area contributed by atoms with Gasteiger partial charge in [0.15, 0.2) is 5.78 Å². The first-order chi connectivity index (χ1) is 11.1. The maximum atomic E-state index is 12.1. The Labute approximate surface area is 136 Å². The Hall–Kier alpha value is -1.92. The Balaban J connectivity index is 1.73. The zero-order chi connectivity index (χ0) is 16.3. The lowest BCUT2D eigenvalue weighted by molar-refractivity contribution is -0.122. The number of morpholine rings is 1. The Morgan fingerprint density at radius 2 is 1.96 bits per heavy atom. The summed E-state index contributed by atoms with van der Waals surface area (Å²) in [6, 6.07) is 7.97. The van der Waals surface area contributed by atoms with Crippen molar-refractivity contribution in [3.05, 3.63) is 24.3 Å². The molecular weight excluding hydrogens is 294 g/mol. The lowest BCUT2D eigenvalue weighted by Gasteiger charge is -2.31. The van der Waals surface area contributed by atoms with Gasteiger partial charge in [0.05, 0.1) is 36.8 Å². The molecule has 0 saturated carbocycles. The van der Waals surface area contributed by atoms with Gasteiger partial charge in [-0.25, -0.2) is 0 Å². The lowest BCUT2D eigenvalue weighted by Crippen LogP contribution is -2.41. The number of hydrogen-bond acceptors (Lipinski definition) is 6. The van der Waals surface area contributed by atoms with Crippen molar-refractivity contribution in [2.75, 3.05) is 43.2 Å². The quantitative estimate of drug-likeness (QED) is 0.865. The van der Waals surface area contributed by atoms with Gasteiger partial charge in [-0.1, -0.05) is 12.1 Å². The van der Waals surface area contributed by atoms with E-state index in [0.29, 0.717) is 12.1 Å². The van der Waals surface area contributed by atoms with Gasteiger partial charge in [-0.3, -0.25) is 10.2 Å². The summed E-state index contributed by atoms with van der Waals surface area (Å²) in [5.74, 6) is 0.0394. The molecule has 2 fully saturated rings. The number of ketones is 1. The van der Waals surface area contributed by atoms with Crippen LogP contribution in [-0.2, 0) is 14.3 Å². The van der Waals surface area contributed by atoms with Crippen LogP contribution in [0.5, 0.6) is 0 Å². The second-order valence-corrected chi connectivity index (χ2v) is 6.44. The van der Waals surface area contributed by atoms with E-state index in [1.165, 1.54) is 0 Å². The van der Waals surface area contributed by atoms with E-state index in [1.807, 2.05) is 32.0 Å². The highest BCUT2D eigenvalue weighted by atomic mass is 16.5. The predicted molar refractivity (Wildman–Crippen MR) is 90.2 cm³/mol. The topological polar surface area (TPSA) is 63.2 Å². The summed E-state index contributed by atoms with van der Waals surface area (Å²) in [5, 5.41) is 4.29. The number of ether oxygens (including phenoxy) is 2. The molecule has 2 aliphatic heterocycles. The number of hydrazone groups is 1. The van der Waals surface area contributed by atoms with Gasteiger partial charge < -0.3 is 14.4 Å². The Kier molecular flexibility index (Phi) is 4.63. The SMILES string of the molecule is CC1(C)CC(=O)C(=NNc2ccccc2N2CCOCC2)CO1. The maximum Gasteiger partial charge on any atom is 0.184 e. The molecule has 124 valence electrons. The smallest absolute Gasteiger partial charge is 0.184 e. The zero-order valence-electron chi connectivity index (χ0n) is 13.7. The molecule has 2 aliphatic rings. The summed E-state index contributed by atoms with van der Waals surface area (Å²) in [4.78, 5) is 14.4. The van der Waals surface area contributed by atoms with E-state index < -0.39 is 5.60 Å². The predicted octanol–water partition coefficient (Wildman–Crippen LogP) is 2.06. The average Bonchev–Trinajstić information content (AvgIpc) is 2.54. The monoisotopic (exact) mass is 317 g/mol. The molecule has 0 radical (unpaired) electrons. The molecule has 1 aromatic carbocycles. The standard InChI is InChI=1S/C17H23N3O3/c1-17(2)11-16(21)14(12-23-17)19-18-13-5-3-4-6-15(13)20-7-9-22-10-8-20/h3-6,18H,7-12H2,1-2H3. The number of hydrogen-bond donors (Lipinski definition) is 1. The highest BCUT2D eigenvalue weighted by Crippen LogP contribution is 2.27. The van der Waals surface area contributed by atoms with Gasteiger partial charge in [-0.05, 0) is 26.0 Å². The number of carbonyl (C=O) groups excluding carboxylic acids is 1. The first-order valence-electron chi connectivity index (χ1n) is 7.97. The number of nitrogens with one attached hydrogen (secondary N) is 1. The normalized spacial score (nSPS) is 23.1. The van der Waals surface area contributed by atoms with E-state index in [1.54, 1.807) is 0 Å². The first-order valence-corrected chi connectivity index (χ1v) is 7.97. The molecule has 2 saturated heterocycles. The van der Waals surface area contributed by atoms with Crippen LogP contribution >= 0.6 is 0 Å². The van der Waals surface area contributed by atoms with Crippen LogP contribution in [0.2, 0.25) is 0 Å². The number of anilines is 2. The fraction of sp³-hybridized carbons (Fsp3) is 0.529. The largest absolute Gasteiger partial charge is 0.378 e. The van der Waals surface area contributed by atoms with Gasteiger partial charge >= 0.3 is 0 Å². The van der Waals surface area contributed by atoms with Crippen molar-refractivity contribution in [2.45, 2.75) is 25.9 Å². The van der Waals surface area contributed by atoms with E-state index in [-0.39, 0.29) is 12.4 Å². The van der Waals surface area contributed by atoms with E-state index in [2.05, 4.69) is 21.5 Å².